The molecule has 1 unspecified atom stereocenters. The number of amides is 1. The molecule has 0 bridgehead atoms. The smallest absolute Gasteiger partial charge is 0.354 e. The molecule has 6 heteroatoms. The maximum atomic E-state index is 12.8. The Bertz CT molecular complexity index is 728. The number of nitrogens with zero attached hydrogens (tertiary/aromatic N) is 1. The van der Waals surface area contributed by atoms with Crippen LogP contribution in [-0.4, -0.2) is 30.4 Å². The van der Waals surface area contributed by atoms with Gasteiger partial charge < -0.3 is 5.32 Å². The fraction of sp³-hybridized carbons (Fsp3) is 0.381. The Hall–Kier alpha value is -2.34. The summed E-state index contributed by atoms with van der Waals surface area (Å²) >= 11 is 0. The molecule has 0 heterocycles. The summed E-state index contributed by atoms with van der Waals surface area (Å²) in [7, 11) is 0. The van der Waals surface area contributed by atoms with E-state index in [1.807, 2.05) is 30.3 Å². The first kappa shape index (κ1) is 21.0. The number of benzene rings is 2. The first-order valence-electron chi connectivity index (χ1n) is 9.07. The van der Waals surface area contributed by atoms with Crippen molar-refractivity contribution in [3.63, 3.8) is 0 Å². The summed E-state index contributed by atoms with van der Waals surface area (Å²) < 4.78 is 38.4. The fourth-order valence-electron chi connectivity index (χ4n) is 3.11. The molecule has 0 aliphatic heterocycles. The topological polar surface area (TPSA) is 32.3 Å². The van der Waals surface area contributed by atoms with Crippen molar-refractivity contribution in [2.24, 2.45) is 0 Å². The van der Waals surface area contributed by atoms with E-state index in [9.17, 15) is 18.0 Å². The summed E-state index contributed by atoms with van der Waals surface area (Å²) in [6, 6.07) is 14.8. The minimum atomic E-state index is -4.41. The summed E-state index contributed by atoms with van der Waals surface area (Å²) in [5, 5.41) is 2.88. The molecule has 1 N–H and O–H groups in total. The highest BCUT2D eigenvalue weighted by atomic mass is 19.4. The number of carbonyl (C=O) groups excluding carboxylic acids is 1. The van der Waals surface area contributed by atoms with E-state index in [1.165, 1.54) is 12.1 Å². The zero-order valence-electron chi connectivity index (χ0n) is 15.6. The van der Waals surface area contributed by atoms with E-state index in [4.69, 9.17) is 0 Å². The Morgan fingerprint density at radius 3 is 2.30 bits per heavy atom. The van der Waals surface area contributed by atoms with Gasteiger partial charge >= 0.3 is 6.18 Å². The van der Waals surface area contributed by atoms with Gasteiger partial charge in [0, 0.05) is 6.54 Å². The van der Waals surface area contributed by atoms with Crippen LogP contribution in [-0.2, 0) is 17.4 Å². The molecule has 27 heavy (non-hydrogen) atoms. The van der Waals surface area contributed by atoms with Gasteiger partial charge in [-0.05, 0) is 30.3 Å². The van der Waals surface area contributed by atoms with Crippen molar-refractivity contribution in [3.8, 4) is 0 Å². The number of hydrogen-bond donors (Lipinski definition) is 1. The highest BCUT2D eigenvalue weighted by molar-refractivity contribution is 5.78. The molecule has 2 rings (SSSR count). The van der Waals surface area contributed by atoms with E-state index in [2.05, 4.69) is 24.1 Å². The molecular formula is C21H25F3N2O. The first-order chi connectivity index (χ1) is 12.8. The highest BCUT2D eigenvalue weighted by Gasteiger charge is 2.30. The van der Waals surface area contributed by atoms with Gasteiger partial charge in [0.05, 0.1) is 18.0 Å². The number of carbonyl (C=O) groups is 1. The average Bonchev–Trinajstić information content (AvgIpc) is 2.65. The third-order valence-electron chi connectivity index (χ3n) is 4.55. The summed E-state index contributed by atoms with van der Waals surface area (Å²) in [4.78, 5) is 14.5. The van der Waals surface area contributed by atoms with E-state index >= 15 is 0 Å². The quantitative estimate of drug-likeness (QED) is 0.736. The second-order valence-electron chi connectivity index (χ2n) is 6.33. The second-order valence-corrected chi connectivity index (χ2v) is 6.33. The lowest BCUT2D eigenvalue weighted by Gasteiger charge is -2.30. The maximum Gasteiger partial charge on any atom is 0.416 e. The molecule has 3 nitrogen and oxygen atoms in total. The predicted molar refractivity (Wildman–Crippen MR) is 100 cm³/mol. The molecule has 1 atom stereocenters. The molecule has 1 amide bonds. The SMILES string of the molecule is CCN(CC)C(CNC(=O)Cc1cccc(C(F)(F)F)c1)c1ccccc1. The van der Waals surface area contributed by atoms with Crippen molar-refractivity contribution in [2.45, 2.75) is 32.5 Å². The molecule has 0 radical (unpaired) electrons. The molecule has 2 aromatic rings. The molecule has 0 aliphatic carbocycles. The third-order valence-corrected chi connectivity index (χ3v) is 4.55. The largest absolute Gasteiger partial charge is 0.416 e. The number of rotatable bonds is 8. The van der Waals surface area contributed by atoms with Gasteiger partial charge in [0.2, 0.25) is 5.91 Å². The lowest BCUT2D eigenvalue weighted by molar-refractivity contribution is -0.137. The van der Waals surface area contributed by atoms with E-state index in [0.717, 1.165) is 30.8 Å². The van der Waals surface area contributed by atoms with Crippen LogP contribution in [0.3, 0.4) is 0 Å². The zero-order valence-corrected chi connectivity index (χ0v) is 15.6. The molecule has 146 valence electrons. The van der Waals surface area contributed by atoms with Crippen molar-refractivity contribution >= 4 is 5.91 Å². The van der Waals surface area contributed by atoms with Crippen LogP contribution in [0.25, 0.3) is 0 Å². The summed E-state index contributed by atoms with van der Waals surface area (Å²) in [6.45, 7) is 6.19. The normalized spacial score (nSPS) is 12.8. The third kappa shape index (κ3) is 6.10. The van der Waals surface area contributed by atoms with E-state index < -0.39 is 11.7 Å². The van der Waals surface area contributed by atoms with Gasteiger partial charge in [0.25, 0.3) is 0 Å². The van der Waals surface area contributed by atoms with Gasteiger partial charge in [-0.1, -0.05) is 62.4 Å². The molecule has 0 spiro atoms. The summed E-state index contributed by atoms with van der Waals surface area (Å²) in [5.74, 6) is -0.289. The number of halogens is 3. The number of hydrogen-bond acceptors (Lipinski definition) is 2. The van der Waals surface area contributed by atoms with Crippen LogP contribution in [0, 0.1) is 0 Å². The molecule has 0 saturated carbocycles. The Kier molecular flexibility index (Phi) is 7.42. The molecular weight excluding hydrogens is 353 g/mol. The zero-order chi connectivity index (χ0) is 19.9. The van der Waals surface area contributed by atoms with Crippen molar-refractivity contribution in [1.29, 1.82) is 0 Å². The van der Waals surface area contributed by atoms with Crippen LogP contribution >= 0.6 is 0 Å². The number of alkyl halides is 3. The van der Waals surface area contributed by atoms with Crippen LogP contribution in [0.4, 0.5) is 13.2 Å². The van der Waals surface area contributed by atoms with Gasteiger partial charge in [-0.2, -0.15) is 13.2 Å². The fourth-order valence-corrected chi connectivity index (χ4v) is 3.11. The Morgan fingerprint density at radius 2 is 1.70 bits per heavy atom. The van der Waals surface area contributed by atoms with Crippen LogP contribution in [0.5, 0.6) is 0 Å². The van der Waals surface area contributed by atoms with Crippen LogP contribution in [0.15, 0.2) is 54.6 Å². The van der Waals surface area contributed by atoms with Crippen molar-refractivity contribution in [1.82, 2.24) is 10.2 Å². The van der Waals surface area contributed by atoms with Gasteiger partial charge in [-0.25, -0.2) is 0 Å². The second kappa shape index (κ2) is 9.55. The molecule has 0 fully saturated rings. The van der Waals surface area contributed by atoms with E-state index in [0.29, 0.717) is 12.1 Å². The number of likely N-dealkylation sites (N-methyl/N-ethyl adjacent to an activating group) is 1. The molecule has 0 aliphatic rings. The predicted octanol–water partition coefficient (Wildman–Crippen LogP) is 4.45. The Morgan fingerprint density at radius 1 is 1.04 bits per heavy atom. The van der Waals surface area contributed by atoms with Gasteiger partial charge in [0.1, 0.15) is 0 Å². The summed E-state index contributed by atoms with van der Waals surface area (Å²) in [6.07, 6.45) is -4.49. The Balaban J connectivity index is 2.04. The van der Waals surface area contributed by atoms with Crippen molar-refractivity contribution in [3.05, 3.63) is 71.3 Å². The van der Waals surface area contributed by atoms with Crippen molar-refractivity contribution < 1.29 is 18.0 Å². The van der Waals surface area contributed by atoms with E-state index in [1.54, 1.807) is 0 Å². The molecule has 0 saturated heterocycles. The molecule has 2 aromatic carbocycles. The van der Waals surface area contributed by atoms with Crippen molar-refractivity contribution in [2.75, 3.05) is 19.6 Å². The van der Waals surface area contributed by atoms with E-state index in [-0.39, 0.29) is 18.4 Å². The minimum absolute atomic E-state index is 0.0201. The monoisotopic (exact) mass is 378 g/mol. The maximum absolute atomic E-state index is 12.8. The Labute approximate surface area is 158 Å². The lowest BCUT2D eigenvalue weighted by atomic mass is 10.0. The van der Waals surface area contributed by atoms with Crippen LogP contribution in [0.1, 0.15) is 36.6 Å². The lowest BCUT2D eigenvalue weighted by Crippen LogP contribution is -2.38. The minimum Gasteiger partial charge on any atom is -0.354 e. The molecule has 0 aromatic heterocycles. The number of nitrogens with one attached hydrogen (secondary N) is 1. The summed E-state index contributed by atoms with van der Waals surface area (Å²) in [5.41, 5.74) is 0.708. The average molecular weight is 378 g/mol. The van der Waals surface area contributed by atoms with Crippen LogP contribution < -0.4 is 5.32 Å². The van der Waals surface area contributed by atoms with Gasteiger partial charge in [-0.3, -0.25) is 9.69 Å². The van der Waals surface area contributed by atoms with Gasteiger partial charge in [-0.15, -0.1) is 0 Å². The van der Waals surface area contributed by atoms with Crippen LogP contribution in [0.2, 0.25) is 0 Å². The first-order valence-corrected chi connectivity index (χ1v) is 9.07. The standard InChI is InChI=1S/C21H25F3N2O/c1-3-26(4-2)19(17-10-6-5-7-11-17)15-25-20(27)14-16-9-8-12-18(13-16)21(22,23)24/h5-13,19H,3-4,14-15H2,1-2H3,(H,25,27). The van der Waals surface area contributed by atoms with Gasteiger partial charge in [0.15, 0.2) is 0 Å². The highest BCUT2D eigenvalue weighted by Crippen LogP contribution is 2.29.